The second-order valence-corrected chi connectivity index (χ2v) is 5.70. The largest absolute Gasteiger partial charge is 0.313 e. The number of nitrogens with zero attached hydrogens (tertiary/aromatic N) is 2. The monoisotopic (exact) mass is 275 g/mol. The smallest absolute Gasteiger partial charge is 0.0522 e. The minimum Gasteiger partial charge on any atom is -0.313 e. The van der Waals surface area contributed by atoms with E-state index in [-0.39, 0.29) is 0 Å². The summed E-state index contributed by atoms with van der Waals surface area (Å²) < 4.78 is 1.86. The Balaban J connectivity index is 1.89. The van der Waals surface area contributed by atoms with E-state index < -0.39 is 0 Å². The molecule has 1 N–H and O–H groups in total. The summed E-state index contributed by atoms with van der Waals surface area (Å²) in [7, 11) is 1.96. The van der Waals surface area contributed by atoms with Crippen LogP contribution < -0.4 is 5.32 Å². The SMILES string of the molecule is CCNC(CSc1ccccc1)Cc1cnn(C)c1. The Morgan fingerprint density at radius 3 is 2.74 bits per heavy atom. The van der Waals surface area contributed by atoms with Crippen LogP contribution >= 0.6 is 11.8 Å². The fraction of sp³-hybridized carbons (Fsp3) is 0.400. The second kappa shape index (κ2) is 7.36. The number of rotatable bonds is 7. The molecular formula is C15H21N3S. The fourth-order valence-corrected chi connectivity index (χ4v) is 3.03. The van der Waals surface area contributed by atoms with E-state index in [4.69, 9.17) is 0 Å². The topological polar surface area (TPSA) is 29.9 Å². The Kier molecular flexibility index (Phi) is 5.48. The number of aryl methyl sites for hydroxylation is 1. The molecule has 1 aromatic heterocycles. The number of thioether (sulfide) groups is 1. The minimum absolute atomic E-state index is 0.486. The van der Waals surface area contributed by atoms with Crippen molar-refractivity contribution in [3.63, 3.8) is 0 Å². The molecule has 3 nitrogen and oxygen atoms in total. The Labute approximate surface area is 119 Å². The molecule has 4 heteroatoms. The van der Waals surface area contributed by atoms with Gasteiger partial charge in [-0.2, -0.15) is 5.10 Å². The van der Waals surface area contributed by atoms with Crippen molar-refractivity contribution < 1.29 is 0 Å². The zero-order chi connectivity index (χ0) is 13.5. The maximum Gasteiger partial charge on any atom is 0.0522 e. The first-order chi connectivity index (χ1) is 9.28. The lowest BCUT2D eigenvalue weighted by Crippen LogP contribution is -2.33. The van der Waals surface area contributed by atoms with Crippen LogP contribution in [0.1, 0.15) is 12.5 Å². The van der Waals surface area contributed by atoms with E-state index in [0.29, 0.717) is 6.04 Å². The van der Waals surface area contributed by atoms with Gasteiger partial charge in [-0.05, 0) is 30.7 Å². The van der Waals surface area contributed by atoms with Crippen molar-refractivity contribution in [3.05, 3.63) is 48.3 Å². The molecule has 1 heterocycles. The zero-order valence-corrected chi connectivity index (χ0v) is 12.4. The third-order valence-corrected chi connectivity index (χ3v) is 4.10. The first kappa shape index (κ1) is 14.2. The van der Waals surface area contributed by atoms with Crippen molar-refractivity contribution in [2.24, 2.45) is 7.05 Å². The molecule has 102 valence electrons. The summed E-state index contributed by atoms with van der Waals surface area (Å²) in [5.41, 5.74) is 1.29. The highest BCUT2D eigenvalue weighted by molar-refractivity contribution is 7.99. The lowest BCUT2D eigenvalue weighted by Gasteiger charge is -2.16. The Hall–Kier alpha value is -1.26. The predicted molar refractivity (Wildman–Crippen MR) is 81.5 cm³/mol. The van der Waals surface area contributed by atoms with E-state index in [0.717, 1.165) is 18.7 Å². The Bertz CT molecular complexity index is 481. The summed E-state index contributed by atoms with van der Waals surface area (Å²) in [5, 5.41) is 7.78. The third-order valence-electron chi connectivity index (χ3n) is 2.93. The lowest BCUT2D eigenvalue weighted by atomic mass is 10.1. The molecule has 0 bridgehead atoms. The van der Waals surface area contributed by atoms with Crippen LogP contribution in [0.4, 0.5) is 0 Å². The predicted octanol–water partition coefficient (Wildman–Crippen LogP) is 2.73. The van der Waals surface area contributed by atoms with Crippen molar-refractivity contribution in [1.29, 1.82) is 0 Å². The average Bonchev–Trinajstić information content (AvgIpc) is 2.83. The second-order valence-electron chi connectivity index (χ2n) is 4.61. The van der Waals surface area contributed by atoms with Gasteiger partial charge in [0.25, 0.3) is 0 Å². The van der Waals surface area contributed by atoms with Crippen LogP contribution in [0.5, 0.6) is 0 Å². The summed E-state index contributed by atoms with van der Waals surface area (Å²) in [5.74, 6) is 1.08. The molecule has 1 atom stereocenters. The normalized spacial score (nSPS) is 12.5. The minimum atomic E-state index is 0.486. The van der Waals surface area contributed by atoms with E-state index in [9.17, 15) is 0 Å². The molecule has 0 amide bonds. The molecule has 0 fully saturated rings. The molecule has 0 saturated heterocycles. The van der Waals surface area contributed by atoms with Crippen LogP contribution in [-0.2, 0) is 13.5 Å². The van der Waals surface area contributed by atoms with Gasteiger partial charge in [-0.3, -0.25) is 4.68 Å². The van der Waals surface area contributed by atoms with E-state index in [1.165, 1.54) is 10.5 Å². The molecule has 0 aliphatic carbocycles. The summed E-state index contributed by atoms with van der Waals surface area (Å²) in [6.07, 6.45) is 5.08. The quantitative estimate of drug-likeness (QED) is 0.788. The van der Waals surface area contributed by atoms with Gasteiger partial charge in [-0.15, -0.1) is 11.8 Å². The van der Waals surface area contributed by atoms with Crippen molar-refractivity contribution in [2.75, 3.05) is 12.3 Å². The van der Waals surface area contributed by atoms with E-state index >= 15 is 0 Å². The summed E-state index contributed by atoms with van der Waals surface area (Å²) in [6.45, 7) is 3.16. The molecule has 19 heavy (non-hydrogen) atoms. The zero-order valence-electron chi connectivity index (χ0n) is 11.5. The first-order valence-corrected chi connectivity index (χ1v) is 7.65. The van der Waals surface area contributed by atoms with Crippen LogP contribution in [0, 0.1) is 0 Å². The van der Waals surface area contributed by atoms with Gasteiger partial charge in [-0.25, -0.2) is 0 Å². The van der Waals surface area contributed by atoms with Crippen LogP contribution in [0.15, 0.2) is 47.6 Å². The number of hydrogen-bond donors (Lipinski definition) is 1. The maximum absolute atomic E-state index is 4.23. The Morgan fingerprint density at radius 1 is 1.32 bits per heavy atom. The van der Waals surface area contributed by atoms with Gasteiger partial charge in [0.2, 0.25) is 0 Å². The van der Waals surface area contributed by atoms with Crippen LogP contribution in [0.2, 0.25) is 0 Å². The van der Waals surface area contributed by atoms with Crippen molar-refractivity contribution in [2.45, 2.75) is 24.3 Å². The van der Waals surface area contributed by atoms with Gasteiger partial charge < -0.3 is 5.32 Å². The highest BCUT2D eigenvalue weighted by atomic mass is 32.2. The molecule has 1 unspecified atom stereocenters. The first-order valence-electron chi connectivity index (χ1n) is 6.66. The van der Waals surface area contributed by atoms with E-state index in [1.54, 1.807) is 0 Å². The molecule has 2 aromatic rings. The van der Waals surface area contributed by atoms with Crippen LogP contribution in [0.3, 0.4) is 0 Å². The fourth-order valence-electron chi connectivity index (χ4n) is 2.05. The van der Waals surface area contributed by atoms with Gasteiger partial charge >= 0.3 is 0 Å². The summed E-state index contributed by atoms with van der Waals surface area (Å²) in [6, 6.07) is 11.0. The number of likely N-dealkylation sites (N-methyl/N-ethyl adjacent to an activating group) is 1. The molecular weight excluding hydrogens is 254 g/mol. The third kappa shape index (κ3) is 4.73. The molecule has 0 radical (unpaired) electrons. The molecule has 2 rings (SSSR count). The number of benzene rings is 1. The van der Waals surface area contributed by atoms with Gasteiger partial charge in [0.05, 0.1) is 6.20 Å². The lowest BCUT2D eigenvalue weighted by molar-refractivity contribution is 0.572. The number of nitrogens with one attached hydrogen (secondary N) is 1. The van der Waals surface area contributed by atoms with E-state index in [1.807, 2.05) is 29.7 Å². The van der Waals surface area contributed by atoms with Crippen molar-refractivity contribution in [1.82, 2.24) is 15.1 Å². The number of aromatic nitrogens is 2. The van der Waals surface area contributed by atoms with Crippen LogP contribution in [0.25, 0.3) is 0 Å². The van der Waals surface area contributed by atoms with Crippen LogP contribution in [-0.4, -0.2) is 28.1 Å². The van der Waals surface area contributed by atoms with Gasteiger partial charge in [0, 0.05) is 29.9 Å². The highest BCUT2D eigenvalue weighted by Crippen LogP contribution is 2.19. The number of hydrogen-bond acceptors (Lipinski definition) is 3. The summed E-state index contributed by atoms with van der Waals surface area (Å²) in [4.78, 5) is 1.33. The molecule has 1 aromatic carbocycles. The summed E-state index contributed by atoms with van der Waals surface area (Å²) >= 11 is 1.90. The molecule has 0 aliphatic rings. The van der Waals surface area contributed by atoms with Gasteiger partial charge in [0.15, 0.2) is 0 Å². The highest BCUT2D eigenvalue weighted by Gasteiger charge is 2.10. The maximum atomic E-state index is 4.23. The standard InChI is InChI=1S/C15H21N3S/c1-3-16-14(9-13-10-17-18(2)11-13)12-19-15-7-5-4-6-8-15/h4-8,10-11,14,16H,3,9,12H2,1-2H3. The van der Waals surface area contributed by atoms with Crippen molar-refractivity contribution >= 4 is 11.8 Å². The molecule has 0 saturated carbocycles. The average molecular weight is 275 g/mol. The molecule has 0 spiro atoms. The van der Waals surface area contributed by atoms with Gasteiger partial charge in [0.1, 0.15) is 0 Å². The van der Waals surface area contributed by atoms with Crippen molar-refractivity contribution in [3.8, 4) is 0 Å². The van der Waals surface area contributed by atoms with E-state index in [2.05, 4.69) is 53.9 Å². The Morgan fingerprint density at radius 2 is 2.11 bits per heavy atom. The van der Waals surface area contributed by atoms with Gasteiger partial charge in [-0.1, -0.05) is 25.1 Å². The molecule has 0 aliphatic heterocycles.